The normalized spacial score (nSPS) is 10.7. The molecule has 0 atom stereocenters. The Bertz CT molecular complexity index is 1370. The average Bonchev–Trinajstić information content (AvgIpc) is 2.81. The zero-order valence-electron chi connectivity index (χ0n) is 17.9. The summed E-state index contributed by atoms with van der Waals surface area (Å²) >= 11 is 5.90. The number of rotatable bonds is 6. The van der Waals surface area contributed by atoms with Gasteiger partial charge >= 0.3 is 0 Å². The number of nitrogens with zero attached hydrogens (tertiary/aromatic N) is 3. The first-order valence-electron chi connectivity index (χ1n) is 10.3. The second-order valence-electron chi connectivity index (χ2n) is 7.46. The summed E-state index contributed by atoms with van der Waals surface area (Å²) in [5.74, 6) is -0.737. The van der Waals surface area contributed by atoms with Crippen LogP contribution in [0.4, 0.5) is 11.5 Å². The molecular formula is C25H21ClN4O3. The van der Waals surface area contributed by atoms with Crippen LogP contribution in [0.25, 0.3) is 11.0 Å². The summed E-state index contributed by atoms with van der Waals surface area (Å²) in [6, 6.07) is 23.0. The molecule has 0 unspecified atom stereocenters. The van der Waals surface area contributed by atoms with Gasteiger partial charge in [-0.2, -0.15) is 0 Å². The minimum absolute atomic E-state index is 0.0238. The molecule has 8 heteroatoms. The molecule has 3 aromatic carbocycles. The molecule has 0 aliphatic rings. The van der Waals surface area contributed by atoms with Crippen molar-refractivity contribution in [3.63, 3.8) is 0 Å². The zero-order chi connectivity index (χ0) is 23.4. The Morgan fingerprint density at radius 3 is 2.33 bits per heavy atom. The quantitative estimate of drug-likeness (QED) is 0.466. The molecule has 1 N–H and O–H groups in total. The van der Waals surface area contributed by atoms with Crippen LogP contribution in [0.1, 0.15) is 12.5 Å². The highest BCUT2D eigenvalue weighted by Crippen LogP contribution is 2.18. The van der Waals surface area contributed by atoms with E-state index in [9.17, 15) is 14.4 Å². The number of hydrogen-bond acceptors (Lipinski definition) is 4. The summed E-state index contributed by atoms with van der Waals surface area (Å²) in [6.07, 6.45) is 0. The fourth-order valence-corrected chi connectivity index (χ4v) is 3.62. The van der Waals surface area contributed by atoms with E-state index >= 15 is 0 Å². The largest absolute Gasteiger partial charge is 0.325 e. The molecule has 0 spiro atoms. The van der Waals surface area contributed by atoms with Crippen molar-refractivity contribution in [3.8, 4) is 0 Å². The molecular weight excluding hydrogens is 440 g/mol. The molecule has 4 aromatic rings. The van der Waals surface area contributed by atoms with Gasteiger partial charge in [-0.15, -0.1) is 0 Å². The van der Waals surface area contributed by atoms with Crippen molar-refractivity contribution in [2.75, 3.05) is 10.2 Å². The van der Waals surface area contributed by atoms with Gasteiger partial charge in [-0.25, -0.2) is 4.98 Å². The maximum atomic E-state index is 13.5. The molecule has 0 saturated heterocycles. The first-order valence-corrected chi connectivity index (χ1v) is 10.7. The molecule has 0 aliphatic heterocycles. The number of fused-ring (bicyclic) bond motifs is 1. The molecule has 33 heavy (non-hydrogen) atoms. The van der Waals surface area contributed by atoms with E-state index in [0.29, 0.717) is 21.7 Å². The number of amides is 2. The van der Waals surface area contributed by atoms with Gasteiger partial charge in [0.25, 0.3) is 5.56 Å². The number of carbonyl (C=O) groups is 2. The standard InChI is InChI=1S/C25H21ClN4O3/c1-17(31)29(15-18-7-3-2-4-8-18)24-25(33)30(22-10-6-5-9-21(22)28-24)16-23(32)27-20-13-11-19(26)12-14-20/h2-14H,15-16H2,1H3,(H,27,32). The molecule has 1 aromatic heterocycles. The van der Waals surface area contributed by atoms with E-state index in [4.69, 9.17) is 11.6 Å². The third-order valence-electron chi connectivity index (χ3n) is 5.08. The summed E-state index contributed by atoms with van der Waals surface area (Å²) in [5.41, 5.74) is 1.90. The summed E-state index contributed by atoms with van der Waals surface area (Å²) in [5, 5.41) is 3.32. The van der Waals surface area contributed by atoms with Crippen LogP contribution in [0.15, 0.2) is 83.7 Å². The number of halogens is 1. The van der Waals surface area contributed by atoms with Crippen LogP contribution in [-0.2, 0) is 22.7 Å². The van der Waals surface area contributed by atoms with Crippen LogP contribution < -0.4 is 15.8 Å². The second kappa shape index (κ2) is 9.67. The molecule has 0 aliphatic carbocycles. The third kappa shape index (κ3) is 5.10. The summed E-state index contributed by atoms with van der Waals surface area (Å²) in [4.78, 5) is 44.5. The summed E-state index contributed by atoms with van der Waals surface area (Å²) in [7, 11) is 0. The van der Waals surface area contributed by atoms with E-state index in [1.807, 2.05) is 30.3 Å². The number of carbonyl (C=O) groups excluding carboxylic acids is 2. The number of aromatic nitrogens is 2. The zero-order valence-corrected chi connectivity index (χ0v) is 18.6. The lowest BCUT2D eigenvalue weighted by Crippen LogP contribution is -2.37. The van der Waals surface area contributed by atoms with E-state index in [1.165, 1.54) is 16.4 Å². The lowest BCUT2D eigenvalue weighted by molar-refractivity contribution is -0.117. The number of nitrogens with one attached hydrogen (secondary N) is 1. The number of hydrogen-bond donors (Lipinski definition) is 1. The van der Waals surface area contributed by atoms with Gasteiger partial charge in [-0.1, -0.05) is 54.1 Å². The van der Waals surface area contributed by atoms with Crippen LogP contribution in [0, 0.1) is 0 Å². The fraction of sp³-hybridized carbons (Fsp3) is 0.120. The Morgan fingerprint density at radius 1 is 0.970 bits per heavy atom. The van der Waals surface area contributed by atoms with Gasteiger partial charge in [-0.3, -0.25) is 23.9 Å². The predicted octanol–water partition coefficient (Wildman–Crippen LogP) is 4.24. The van der Waals surface area contributed by atoms with Gasteiger partial charge < -0.3 is 5.32 Å². The van der Waals surface area contributed by atoms with E-state index < -0.39 is 5.56 Å². The van der Waals surface area contributed by atoms with Gasteiger partial charge in [-0.05, 0) is 42.0 Å². The Labute approximate surface area is 195 Å². The van der Waals surface area contributed by atoms with Crippen molar-refractivity contribution in [1.29, 1.82) is 0 Å². The van der Waals surface area contributed by atoms with Gasteiger partial charge in [0, 0.05) is 17.6 Å². The maximum Gasteiger partial charge on any atom is 0.294 e. The predicted molar refractivity (Wildman–Crippen MR) is 129 cm³/mol. The number of para-hydroxylation sites is 2. The van der Waals surface area contributed by atoms with Crippen molar-refractivity contribution >= 4 is 46.0 Å². The SMILES string of the molecule is CC(=O)N(Cc1ccccc1)c1nc2ccccc2n(CC(=O)Nc2ccc(Cl)cc2)c1=O. The fourth-order valence-electron chi connectivity index (χ4n) is 3.49. The van der Waals surface area contributed by atoms with Crippen LogP contribution in [-0.4, -0.2) is 21.4 Å². The van der Waals surface area contributed by atoms with Crippen molar-refractivity contribution in [2.24, 2.45) is 0 Å². The first-order chi connectivity index (χ1) is 15.9. The topological polar surface area (TPSA) is 84.3 Å². The van der Waals surface area contributed by atoms with Crippen LogP contribution in [0.3, 0.4) is 0 Å². The molecule has 166 valence electrons. The highest BCUT2D eigenvalue weighted by molar-refractivity contribution is 6.30. The van der Waals surface area contributed by atoms with E-state index in [-0.39, 0.29) is 30.7 Å². The number of anilines is 2. The van der Waals surface area contributed by atoms with E-state index in [1.54, 1.807) is 48.5 Å². The highest BCUT2D eigenvalue weighted by Gasteiger charge is 2.21. The van der Waals surface area contributed by atoms with Crippen molar-refractivity contribution in [2.45, 2.75) is 20.0 Å². The molecule has 0 bridgehead atoms. The van der Waals surface area contributed by atoms with Crippen LogP contribution >= 0.6 is 11.6 Å². The lowest BCUT2D eigenvalue weighted by atomic mass is 10.2. The summed E-state index contributed by atoms with van der Waals surface area (Å²) in [6.45, 7) is 1.33. The second-order valence-corrected chi connectivity index (χ2v) is 7.90. The monoisotopic (exact) mass is 460 g/mol. The minimum atomic E-state index is -0.522. The Morgan fingerprint density at radius 2 is 1.64 bits per heavy atom. The summed E-state index contributed by atoms with van der Waals surface area (Å²) < 4.78 is 1.34. The van der Waals surface area contributed by atoms with E-state index in [0.717, 1.165) is 5.56 Å². The highest BCUT2D eigenvalue weighted by atomic mass is 35.5. The molecule has 0 fully saturated rings. The molecule has 4 rings (SSSR count). The van der Waals surface area contributed by atoms with Gasteiger partial charge in [0.15, 0.2) is 0 Å². The van der Waals surface area contributed by atoms with Crippen LogP contribution in [0.5, 0.6) is 0 Å². The Hall–Kier alpha value is -3.97. The smallest absolute Gasteiger partial charge is 0.294 e. The molecule has 2 amide bonds. The van der Waals surface area contributed by atoms with Crippen molar-refractivity contribution in [3.05, 3.63) is 99.8 Å². The molecule has 1 heterocycles. The van der Waals surface area contributed by atoms with Gasteiger partial charge in [0.05, 0.1) is 17.6 Å². The third-order valence-corrected chi connectivity index (χ3v) is 5.34. The maximum absolute atomic E-state index is 13.5. The Balaban J connectivity index is 1.73. The van der Waals surface area contributed by atoms with Gasteiger partial charge in [0.2, 0.25) is 17.6 Å². The van der Waals surface area contributed by atoms with Crippen LogP contribution in [0.2, 0.25) is 5.02 Å². The van der Waals surface area contributed by atoms with Gasteiger partial charge in [0.1, 0.15) is 6.54 Å². The Kier molecular flexibility index (Phi) is 6.51. The van der Waals surface area contributed by atoms with Crippen molar-refractivity contribution in [1.82, 2.24) is 9.55 Å². The lowest BCUT2D eigenvalue weighted by Gasteiger charge is -2.21. The number of benzene rings is 3. The molecule has 7 nitrogen and oxygen atoms in total. The molecule has 0 saturated carbocycles. The average molecular weight is 461 g/mol. The minimum Gasteiger partial charge on any atom is -0.325 e. The van der Waals surface area contributed by atoms with Crippen molar-refractivity contribution < 1.29 is 9.59 Å². The molecule has 0 radical (unpaired) electrons. The van der Waals surface area contributed by atoms with E-state index in [2.05, 4.69) is 10.3 Å². The first kappa shape index (κ1) is 22.2.